The van der Waals surface area contributed by atoms with Gasteiger partial charge in [0.25, 0.3) is 11.8 Å². The van der Waals surface area contributed by atoms with Crippen LogP contribution in [-0.2, 0) is 4.79 Å². The van der Waals surface area contributed by atoms with Gasteiger partial charge in [0, 0.05) is 10.6 Å². The highest BCUT2D eigenvalue weighted by atomic mass is 127. The minimum absolute atomic E-state index is 0.141. The summed E-state index contributed by atoms with van der Waals surface area (Å²) < 4.78 is 12.2. The molecule has 0 saturated carbocycles. The minimum atomic E-state index is -0.755. The zero-order chi connectivity index (χ0) is 23.7. The molecule has 2 rings (SSSR count). The van der Waals surface area contributed by atoms with Crippen LogP contribution in [0.15, 0.2) is 41.5 Å². The van der Waals surface area contributed by atoms with Crippen LogP contribution in [0.1, 0.15) is 43.6 Å². The highest BCUT2D eigenvalue weighted by molar-refractivity contribution is 14.1. The molecule has 0 aliphatic carbocycles. The standard InChI is InChI=1S/C23H27ClIN3O4/c1-5-31-19-12-15(11-18(25)21(19)32-6-2)13-26-28-23(30)20(14(3)4)27-22(29)16-7-9-17(24)10-8-16/h7-14,20H,5-6H2,1-4H3,(H,27,29)(H,28,30)/b26-13+. The molecule has 0 saturated heterocycles. The van der Waals surface area contributed by atoms with Crippen LogP contribution >= 0.6 is 34.2 Å². The molecular weight excluding hydrogens is 545 g/mol. The summed E-state index contributed by atoms with van der Waals surface area (Å²) in [5.74, 6) is 0.383. The van der Waals surface area contributed by atoms with Gasteiger partial charge >= 0.3 is 0 Å². The molecule has 1 unspecified atom stereocenters. The molecule has 0 aliphatic rings. The summed E-state index contributed by atoms with van der Waals surface area (Å²) in [6, 6.07) is 9.39. The number of carbonyl (C=O) groups is 2. The summed E-state index contributed by atoms with van der Waals surface area (Å²) in [4.78, 5) is 25.2. The van der Waals surface area contributed by atoms with Crippen molar-refractivity contribution in [3.05, 3.63) is 56.1 Å². The van der Waals surface area contributed by atoms with E-state index in [0.29, 0.717) is 35.3 Å². The van der Waals surface area contributed by atoms with E-state index in [-0.39, 0.29) is 11.8 Å². The van der Waals surface area contributed by atoms with Gasteiger partial charge in [-0.2, -0.15) is 5.10 Å². The third kappa shape index (κ3) is 7.37. The molecule has 32 heavy (non-hydrogen) atoms. The van der Waals surface area contributed by atoms with Gasteiger partial charge in [0.1, 0.15) is 6.04 Å². The van der Waals surface area contributed by atoms with Crippen molar-refractivity contribution >= 4 is 52.2 Å². The Bertz CT molecular complexity index is 964. The van der Waals surface area contributed by atoms with Gasteiger partial charge in [0.15, 0.2) is 11.5 Å². The number of amides is 2. The first kappa shape index (κ1) is 25.9. The van der Waals surface area contributed by atoms with E-state index in [1.807, 2.05) is 33.8 Å². The number of rotatable bonds is 10. The Morgan fingerprint density at radius 1 is 1.12 bits per heavy atom. The van der Waals surface area contributed by atoms with E-state index in [2.05, 4.69) is 38.4 Å². The van der Waals surface area contributed by atoms with Crippen molar-refractivity contribution in [1.29, 1.82) is 0 Å². The third-order valence-electron chi connectivity index (χ3n) is 4.35. The lowest BCUT2D eigenvalue weighted by molar-refractivity contribution is -0.123. The molecule has 2 aromatic carbocycles. The lowest BCUT2D eigenvalue weighted by Gasteiger charge is -2.20. The largest absolute Gasteiger partial charge is 0.490 e. The summed E-state index contributed by atoms with van der Waals surface area (Å²) in [7, 11) is 0. The molecular formula is C23H27ClIN3O4. The predicted octanol–water partition coefficient (Wildman–Crippen LogP) is 4.65. The second-order valence-electron chi connectivity index (χ2n) is 7.13. The minimum Gasteiger partial charge on any atom is -0.490 e. The van der Waals surface area contributed by atoms with Gasteiger partial charge in [-0.05, 0) is 84.3 Å². The quantitative estimate of drug-likeness (QED) is 0.247. The van der Waals surface area contributed by atoms with Crippen molar-refractivity contribution in [3.63, 3.8) is 0 Å². The van der Waals surface area contributed by atoms with Crippen LogP contribution in [0, 0.1) is 9.49 Å². The Kier molecular flexibility index (Phi) is 10.2. The fraction of sp³-hybridized carbons (Fsp3) is 0.348. The van der Waals surface area contributed by atoms with E-state index < -0.39 is 11.9 Å². The van der Waals surface area contributed by atoms with E-state index in [4.69, 9.17) is 21.1 Å². The first-order valence-corrected chi connectivity index (χ1v) is 11.7. The van der Waals surface area contributed by atoms with Gasteiger partial charge in [0.05, 0.1) is 23.0 Å². The van der Waals surface area contributed by atoms with Crippen LogP contribution in [-0.4, -0.2) is 37.3 Å². The highest BCUT2D eigenvalue weighted by Gasteiger charge is 2.24. The molecule has 0 radical (unpaired) electrons. The summed E-state index contributed by atoms with van der Waals surface area (Å²) in [5.41, 5.74) is 3.67. The molecule has 2 N–H and O–H groups in total. The van der Waals surface area contributed by atoms with Gasteiger partial charge in [-0.3, -0.25) is 9.59 Å². The Balaban J connectivity index is 2.09. The summed E-state index contributed by atoms with van der Waals surface area (Å²) in [6.45, 7) is 8.52. The normalized spacial score (nSPS) is 12.0. The molecule has 172 valence electrons. The number of nitrogens with one attached hydrogen (secondary N) is 2. The van der Waals surface area contributed by atoms with Gasteiger partial charge in [0.2, 0.25) is 0 Å². The smallest absolute Gasteiger partial charge is 0.262 e. The number of hydrazone groups is 1. The zero-order valence-electron chi connectivity index (χ0n) is 18.4. The van der Waals surface area contributed by atoms with Crippen molar-refractivity contribution < 1.29 is 19.1 Å². The second-order valence-corrected chi connectivity index (χ2v) is 8.73. The van der Waals surface area contributed by atoms with Crippen LogP contribution in [0.2, 0.25) is 5.02 Å². The molecule has 2 aromatic rings. The number of benzene rings is 2. The average Bonchev–Trinajstić information content (AvgIpc) is 2.74. The fourth-order valence-corrected chi connectivity index (χ4v) is 3.72. The lowest BCUT2D eigenvalue weighted by atomic mass is 10.0. The molecule has 9 heteroatoms. The van der Waals surface area contributed by atoms with Crippen LogP contribution in [0.3, 0.4) is 0 Å². The van der Waals surface area contributed by atoms with Crippen LogP contribution in [0.5, 0.6) is 11.5 Å². The fourth-order valence-electron chi connectivity index (χ4n) is 2.81. The molecule has 0 heterocycles. The van der Waals surface area contributed by atoms with E-state index in [0.717, 1.165) is 9.13 Å². The molecule has 0 fully saturated rings. The van der Waals surface area contributed by atoms with E-state index in [1.54, 1.807) is 30.3 Å². The number of ether oxygens (including phenoxy) is 2. The third-order valence-corrected chi connectivity index (χ3v) is 5.40. The van der Waals surface area contributed by atoms with Gasteiger partial charge in [-0.1, -0.05) is 25.4 Å². The van der Waals surface area contributed by atoms with E-state index in [1.165, 1.54) is 6.21 Å². The number of carbonyl (C=O) groups excluding carboxylic acids is 2. The molecule has 0 aliphatic heterocycles. The Morgan fingerprint density at radius 2 is 1.78 bits per heavy atom. The van der Waals surface area contributed by atoms with Gasteiger partial charge in [-0.25, -0.2) is 5.43 Å². The van der Waals surface area contributed by atoms with Crippen molar-refractivity contribution in [1.82, 2.24) is 10.7 Å². The van der Waals surface area contributed by atoms with E-state index >= 15 is 0 Å². The van der Waals surface area contributed by atoms with Gasteiger partial charge < -0.3 is 14.8 Å². The Labute approximate surface area is 207 Å². The van der Waals surface area contributed by atoms with Crippen molar-refractivity contribution in [3.8, 4) is 11.5 Å². The SMILES string of the molecule is CCOc1cc(/C=N/NC(=O)C(NC(=O)c2ccc(Cl)cc2)C(C)C)cc(I)c1OCC. The molecule has 0 spiro atoms. The van der Waals surface area contributed by atoms with Crippen LogP contribution in [0.4, 0.5) is 0 Å². The summed E-state index contributed by atoms with van der Waals surface area (Å²) >= 11 is 8.03. The molecule has 1 atom stereocenters. The first-order chi connectivity index (χ1) is 15.3. The summed E-state index contributed by atoms with van der Waals surface area (Å²) in [6.07, 6.45) is 1.52. The maximum Gasteiger partial charge on any atom is 0.262 e. The maximum atomic E-state index is 12.7. The topological polar surface area (TPSA) is 89.0 Å². The monoisotopic (exact) mass is 571 g/mol. The highest BCUT2D eigenvalue weighted by Crippen LogP contribution is 2.33. The number of nitrogens with zero attached hydrogens (tertiary/aromatic N) is 1. The molecule has 2 amide bonds. The van der Waals surface area contributed by atoms with Gasteiger partial charge in [-0.15, -0.1) is 0 Å². The maximum absolute atomic E-state index is 12.7. The number of hydrogen-bond acceptors (Lipinski definition) is 5. The predicted molar refractivity (Wildman–Crippen MR) is 135 cm³/mol. The average molecular weight is 572 g/mol. The van der Waals surface area contributed by atoms with Crippen molar-refractivity contribution in [2.24, 2.45) is 11.0 Å². The first-order valence-electron chi connectivity index (χ1n) is 10.2. The molecule has 0 bridgehead atoms. The number of halogens is 2. The van der Waals surface area contributed by atoms with Crippen molar-refractivity contribution in [2.45, 2.75) is 33.7 Å². The Hall–Kier alpha value is -2.33. The van der Waals surface area contributed by atoms with E-state index in [9.17, 15) is 9.59 Å². The van der Waals surface area contributed by atoms with Crippen LogP contribution in [0.25, 0.3) is 0 Å². The lowest BCUT2D eigenvalue weighted by Crippen LogP contribution is -2.48. The zero-order valence-corrected chi connectivity index (χ0v) is 21.4. The van der Waals surface area contributed by atoms with Crippen molar-refractivity contribution in [2.75, 3.05) is 13.2 Å². The summed E-state index contributed by atoms with van der Waals surface area (Å²) in [5, 5.41) is 7.35. The molecule has 7 nitrogen and oxygen atoms in total. The Morgan fingerprint density at radius 3 is 2.38 bits per heavy atom. The number of hydrogen-bond donors (Lipinski definition) is 2. The second kappa shape index (κ2) is 12.6. The molecule has 0 aromatic heterocycles. The van der Waals surface area contributed by atoms with Crippen LogP contribution < -0.4 is 20.2 Å².